The molecule has 9 nitrogen and oxygen atoms in total. The third-order valence-corrected chi connectivity index (χ3v) is 4.61. The predicted molar refractivity (Wildman–Crippen MR) is 106 cm³/mol. The number of hydrogen-bond acceptors (Lipinski definition) is 6. The molecule has 3 N–H and O–H groups in total. The zero-order chi connectivity index (χ0) is 21.0. The number of rotatable bonds is 9. The number of ether oxygens (including phenoxy) is 1. The summed E-state index contributed by atoms with van der Waals surface area (Å²) in [4.78, 5) is 34.2. The van der Waals surface area contributed by atoms with E-state index in [1.54, 1.807) is 18.2 Å². The van der Waals surface area contributed by atoms with Gasteiger partial charge in [0.05, 0.1) is 17.6 Å². The van der Waals surface area contributed by atoms with Crippen molar-refractivity contribution in [1.29, 1.82) is 0 Å². The Kier molecular flexibility index (Phi) is 5.96. The van der Waals surface area contributed by atoms with Gasteiger partial charge in [-0.05, 0) is 49.1 Å². The number of carboxylic acid groups (broad SMARTS) is 1. The van der Waals surface area contributed by atoms with Crippen molar-refractivity contribution in [3.8, 4) is 5.75 Å². The molecule has 1 amide bonds. The van der Waals surface area contributed by atoms with E-state index in [9.17, 15) is 19.7 Å². The van der Waals surface area contributed by atoms with Crippen LogP contribution in [0.1, 0.15) is 39.1 Å². The molecule has 152 valence electrons. The number of hydrogen-bond donors (Lipinski definition) is 3. The molecule has 0 aliphatic heterocycles. The number of nitrogens with one attached hydrogen (secondary N) is 2. The SMILES string of the molecule is COc1cc(C(=O)O)ccc1CCNC(=O)c1ccc(NC2CC2)c([N+](=O)[O-])c1. The van der Waals surface area contributed by atoms with Crippen molar-refractivity contribution in [3.05, 3.63) is 63.2 Å². The Bertz CT molecular complexity index is 955. The summed E-state index contributed by atoms with van der Waals surface area (Å²) in [5.74, 6) is -1.05. The topological polar surface area (TPSA) is 131 Å². The maximum absolute atomic E-state index is 12.4. The molecule has 2 aromatic rings. The van der Waals surface area contributed by atoms with Gasteiger partial charge in [-0.2, -0.15) is 0 Å². The summed E-state index contributed by atoms with van der Waals surface area (Å²) in [6, 6.07) is 9.16. The zero-order valence-corrected chi connectivity index (χ0v) is 15.8. The van der Waals surface area contributed by atoms with Crippen LogP contribution in [-0.2, 0) is 6.42 Å². The van der Waals surface area contributed by atoms with Crippen LogP contribution in [0.15, 0.2) is 36.4 Å². The summed E-state index contributed by atoms with van der Waals surface area (Å²) in [6.45, 7) is 0.261. The highest BCUT2D eigenvalue weighted by Crippen LogP contribution is 2.31. The van der Waals surface area contributed by atoms with Gasteiger partial charge in [0.1, 0.15) is 11.4 Å². The Hall–Kier alpha value is -3.62. The van der Waals surface area contributed by atoms with Crippen molar-refractivity contribution in [2.45, 2.75) is 25.3 Å². The zero-order valence-electron chi connectivity index (χ0n) is 15.8. The first-order valence-corrected chi connectivity index (χ1v) is 9.12. The van der Waals surface area contributed by atoms with Gasteiger partial charge >= 0.3 is 5.97 Å². The van der Waals surface area contributed by atoms with Crippen LogP contribution in [0, 0.1) is 10.1 Å². The minimum atomic E-state index is -1.05. The summed E-state index contributed by atoms with van der Waals surface area (Å²) < 4.78 is 5.21. The molecule has 0 heterocycles. The number of nitro groups is 1. The second-order valence-electron chi connectivity index (χ2n) is 6.75. The largest absolute Gasteiger partial charge is 0.496 e. The molecule has 0 saturated heterocycles. The van der Waals surface area contributed by atoms with E-state index < -0.39 is 16.8 Å². The maximum Gasteiger partial charge on any atom is 0.335 e. The van der Waals surface area contributed by atoms with Gasteiger partial charge in [-0.15, -0.1) is 0 Å². The molecule has 0 radical (unpaired) electrons. The standard InChI is InChI=1S/C20H21N3O6/c1-29-18-11-14(20(25)26)3-2-12(18)8-9-21-19(24)13-4-7-16(22-15-5-6-15)17(10-13)23(27)28/h2-4,7,10-11,15,22H,5-6,8-9H2,1H3,(H,21,24)(H,25,26). The van der Waals surface area contributed by atoms with Crippen LogP contribution >= 0.6 is 0 Å². The van der Waals surface area contributed by atoms with Crippen LogP contribution in [0.4, 0.5) is 11.4 Å². The van der Waals surface area contributed by atoms with Gasteiger partial charge in [0.2, 0.25) is 0 Å². The molecule has 0 bridgehead atoms. The van der Waals surface area contributed by atoms with Crippen molar-refractivity contribution in [1.82, 2.24) is 5.32 Å². The Morgan fingerprint density at radius 3 is 2.55 bits per heavy atom. The van der Waals surface area contributed by atoms with E-state index in [4.69, 9.17) is 9.84 Å². The van der Waals surface area contributed by atoms with E-state index in [1.165, 1.54) is 25.3 Å². The van der Waals surface area contributed by atoms with Crippen molar-refractivity contribution >= 4 is 23.3 Å². The summed E-state index contributed by atoms with van der Waals surface area (Å²) in [5, 5.41) is 26.2. The number of benzene rings is 2. The molecule has 0 unspecified atom stereocenters. The van der Waals surface area contributed by atoms with Gasteiger partial charge in [0.25, 0.3) is 11.6 Å². The Labute approximate surface area is 166 Å². The highest BCUT2D eigenvalue weighted by Gasteiger charge is 2.25. The maximum atomic E-state index is 12.4. The van der Waals surface area contributed by atoms with Gasteiger partial charge in [-0.1, -0.05) is 6.07 Å². The molecule has 0 atom stereocenters. The van der Waals surface area contributed by atoms with Crippen molar-refractivity contribution in [2.24, 2.45) is 0 Å². The van der Waals surface area contributed by atoms with Crippen molar-refractivity contribution in [2.75, 3.05) is 19.0 Å². The minimum Gasteiger partial charge on any atom is -0.496 e. The molecule has 2 aromatic carbocycles. The Balaban J connectivity index is 1.64. The smallest absolute Gasteiger partial charge is 0.335 e. The lowest BCUT2D eigenvalue weighted by molar-refractivity contribution is -0.384. The molecule has 1 aliphatic rings. The average molecular weight is 399 g/mol. The molecule has 1 fully saturated rings. The fourth-order valence-corrected chi connectivity index (χ4v) is 2.89. The second-order valence-corrected chi connectivity index (χ2v) is 6.75. The summed E-state index contributed by atoms with van der Waals surface area (Å²) >= 11 is 0. The van der Waals surface area contributed by atoms with E-state index in [-0.39, 0.29) is 29.4 Å². The number of nitro benzene ring substituents is 1. The first kappa shape index (κ1) is 20.1. The number of carboxylic acids is 1. The highest BCUT2D eigenvalue weighted by molar-refractivity contribution is 5.95. The van der Waals surface area contributed by atoms with E-state index in [1.807, 2.05) is 0 Å². The van der Waals surface area contributed by atoms with E-state index >= 15 is 0 Å². The molecule has 0 aromatic heterocycles. The lowest BCUT2D eigenvalue weighted by Crippen LogP contribution is -2.26. The first-order chi connectivity index (χ1) is 13.9. The fourth-order valence-electron chi connectivity index (χ4n) is 2.89. The number of aromatic carboxylic acids is 1. The lowest BCUT2D eigenvalue weighted by atomic mass is 10.1. The van der Waals surface area contributed by atoms with Crippen LogP contribution in [0.3, 0.4) is 0 Å². The quantitative estimate of drug-likeness (QED) is 0.436. The number of methoxy groups -OCH3 is 1. The predicted octanol–water partition coefficient (Wildman–Crippen LogP) is 2.85. The fraction of sp³-hybridized carbons (Fsp3) is 0.300. The molecular formula is C20H21N3O6. The minimum absolute atomic E-state index is 0.113. The van der Waals surface area contributed by atoms with Gasteiger partial charge in [0.15, 0.2) is 0 Å². The normalized spacial score (nSPS) is 12.9. The second kappa shape index (κ2) is 8.59. The van der Waals surface area contributed by atoms with Crippen LogP contribution in [0.5, 0.6) is 5.75 Å². The van der Waals surface area contributed by atoms with Gasteiger partial charge < -0.3 is 20.5 Å². The number of nitrogens with zero attached hydrogens (tertiary/aromatic N) is 1. The summed E-state index contributed by atoms with van der Waals surface area (Å²) in [5.41, 5.74) is 1.34. The number of anilines is 1. The molecule has 1 aliphatic carbocycles. The Morgan fingerprint density at radius 2 is 1.93 bits per heavy atom. The third kappa shape index (κ3) is 5.01. The van der Waals surface area contributed by atoms with Crippen molar-refractivity contribution in [3.63, 3.8) is 0 Å². The van der Waals surface area contributed by atoms with Crippen LogP contribution in [-0.4, -0.2) is 41.6 Å². The summed E-state index contributed by atoms with van der Waals surface area (Å²) in [6.07, 6.45) is 2.38. The molecule has 3 rings (SSSR count). The number of carbonyl (C=O) groups is 2. The first-order valence-electron chi connectivity index (χ1n) is 9.12. The lowest BCUT2D eigenvalue weighted by Gasteiger charge is -2.11. The molecular weight excluding hydrogens is 378 g/mol. The number of amides is 1. The molecule has 29 heavy (non-hydrogen) atoms. The van der Waals surface area contributed by atoms with Gasteiger partial charge in [-0.25, -0.2) is 4.79 Å². The van der Waals surface area contributed by atoms with E-state index in [0.717, 1.165) is 18.4 Å². The van der Waals surface area contributed by atoms with E-state index in [2.05, 4.69) is 10.6 Å². The monoisotopic (exact) mass is 399 g/mol. The Morgan fingerprint density at radius 1 is 1.21 bits per heavy atom. The van der Waals surface area contributed by atoms with Gasteiger partial charge in [-0.3, -0.25) is 14.9 Å². The van der Waals surface area contributed by atoms with Crippen LogP contribution in [0.2, 0.25) is 0 Å². The van der Waals surface area contributed by atoms with Gasteiger partial charge in [0, 0.05) is 24.2 Å². The highest BCUT2D eigenvalue weighted by atomic mass is 16.6. The molecule has 0 spiro atoms. The van der Waals surface area contributed by atoms with Crippen molar-refractivity contribution < 1.29 is 24.4 Å². The van der Waals surface area contributed by atoms with Crippen LogP contribution in [0.25, 0.3) is 0 Å². The third-order valence-electron chi connectivity index (χ3n) is 4.61. The average Bonchev–Trinajstić information content (AvgIpc) is 3.52. The summed E-state index contributed by atoms with van der Waals surface area (Å²) in [7, 11) is 1.44. The van der Waals surface area contributed by atoms with E-state index in [0.29, 0.717) is 17.9 Å². The molecule has 1 saturated carbocycles. The number of carbonyl (C=O) groups excluding carboxylic acids is 1. The molecule has 9 heteroatoms. The van der Waals surface area contributed by atoms with Crippen LogP contribution < -0.4 is 15.4 Å².